The van der Waals surface area contributed by atoms with Gasteiger partial charge in [-0.2, -0.15) is 5.10 Å². The van der Waals surface area contributed by atoms with Crippen LogP contribution in [-0.2, 0) is 13.7 Å². The highest BCUT2D eigenvalue weighted by Gasteiger charge is 2.13. The summed E-state index contributed by atoms with van der Waals surface area (Å²) in [5.41, 5.74) is 1.21. The van der Waals surface area contributed by atoms with Gasteiger partial charge < -0.3 is 10.1 Å². The van der Waals surface area contributed by atoms with Crippen molar-refractivity contribution >= 4 is 11.6 Å². The molecule has 23 heavy (non-hydrogen) atoms. The lowest BCUT2D eigenvalue weighted by atomic mass is 10.2. The van der Waals surface area contributed by atoms with Crippen LogP contribution >= 0.6 is 0 Å². The number of para-hydroxylation sites is 2. The summed E-state index contributed by atoms with van der Waals surface area (Å²) >= 11 is 0. The van der Waals surface area contributed by atoms with Crippen molar-refractivity contribution in [3.05, 3.63) is 72.3 Å². The van der Waals surface area contributed by atoms with Gasteiger partial charge in [-0.15, -0.1) is 0 Å². The first-order chi connectivity index (χ1) is 11.2. The lowest BCUT2D eigenvalue weighted by molar-refractivity contribution is 0.102. The zero-order valence-corrected chi connectivity index (χ0v) is 12.6. The van der Waals surface area contributed by atoms with E-state index < -0.39 is 0 Å². The minimum absolute atomic E-state index is 0.218. The number of hydrogen-bond acceptors (Lipinski definition) is 4. The average Bonchev–Trinajstić information content (AvgIpc) is 2.99. The SMILES string of the molecule is Cn1ncnc1COc1ccccc1C(=O)Nc1ccccc1. The van der Waals surface area contributed by atoms with E-state index in [1.54, 1.807) is 29.9 Å². The normalized spacial score (nSPS) is 10.3. The molecule has 1 heterocycles. The molecule has 0 atom stereocenters. The largest absolute Gasteiger partial charge is 0.485 e. The maximum absolute atomic E-state index is 12.4. The van der Waals surface area contributed by atoms with Gasteiger partial charge in [-0.1, -0.05) is 30.3 Å². The van der Waals surface area contributed by atoms with Crippen LogP contribution in [0.25, 0.3) is 0 Å². The molecule has 0 aliphatic rings. The molecule has 1 aromatic heterocycles. The average molecular weight is 308 g/mol. The van der Waals surface area contributed by atoms with Gasteiger partial charge in [0.2, 0.25) is 0 Å². The van der Waals surface area contributed by atoms with Crippen molar-refractivity contribution in [3.8, 4) is 5.75 Å². The van der Waals surface area contributed by atoms with Crippen molar-refractivity contribution in [2.24, 2.45) is 7.05 Å². The first-order valence-corrected chi connectivity index (χ1v) is 7.15. The van der Waals surface area contributed by atoms with E-state index in [1.807, 2.05) is 36.4 Å². The molecule has 0 saturated carbocycles. The Morgan fingerprint density at radius 1 is 1.13 bits per heavy atom. The molecule has 3 aromatic rings. The summed E-state index contributed by atoms with van der Waals surface area (Å²) < 4.78 is 7.37. The van der Waals surface area contributed by atoms with Crippen molar-refractivity contribution in [1.29, 1.82) is 0 Å². The number of carbonyl (C=O) groups excluding carboxylic acids is 1. The Balaban J connectivity index is 1.75. The van der Waals surface area contributed by atoms with E-state index in [4.69, 9.17) is 4.74 Å². The molecule has 6 nitrogen and oxygen atoms in total. The highest BCUT2D eigenvalue weighted by Crippen LogP contribution is 2.20. The van der Waals surface area contributed by atoms with Gasteiger partial charge in [-0.05, 0) is 24.3 Å². The van der Waals surface area contributed by atoms with Gasteiger partial charge in [0.15, 0.2) is 5.82 Å². The molecule has 0 aliphatic carbocycles. The summed E-state index contributed by atoms with van der Waals surface area (Å²) in [6, 6.07) is 16.4. The van der Waals surface area contributed by atoms with Crippen LogP contribution in [0.3, 0.4) is 0 Å². The molecule has 0 saturated heterocycles. The Morgan fingerprint density at radius 2 is 1.87 bits per heavy atom. The Labute approximate surface area is 133 Å². The lowest BCUT2D eigenvalue weighted by Gasteiger charge is -2.11. The van der Waals surface area contributed by atoms with Crippen LogP contribution in [0.5, 0.6) is 5.75 Å². The van der Waals surface area contributed by atoms with Crippen LogP contribution in [0.1, 0.15) is 16.2 Å². The molecule has 0 spiro atoms. The van der Waals surface area contributed by atoms with Gasteiger partial charge in [0, 0.05) is 12.7 Å². The fraction of sp³-hybridized carbons (Fsp3) is 0.118. The van der Waals surface area contributed by atoms with E-state index in [2.05, 4.69) is 15.4 Å². The first kappa shape index (κ1) is 14.8. The molecular weight excluding hydrogens is 292 g/mol. The molecule has 1 N–H and O–H groups in total. The summed E-state index contributed by atoms with van der Waals surface area (Å²) in [4.78, 5) is 16.5. The van der Waals surface area contributed by atoms with E-state index in [-0.39, 0.29) is 12.5 Å². The Bertz CT molecular complexity index is 799. The third kappa shape index (κ3) is 3.55. The summed E-state index contributed by atoms with van der Waals surface area (Å²) in [6.07, 6.45) is 1.46. The number of anilines is 1. The molecule has 1 amide bonds. The van der Waals surface area contributed by atoms with Crippen LogP contribution < -0.4 is 10.1 Å². The van der Waals surface area contributed by atoms with Crippen LogP contribution in [0.15, 0.2) is 60.9 Å². The monoisotopic (exact) mass is 308 g/mol. The molecular formula is C17H16N4O2. The van der Waals surface area contributed by atoms with E-state index >= 15 is 0 Å². The molecule has 3 rings (SSSR count). The second kappa shape index (κ2) is 6.74. The third-order valence-corrected chi connectivity index (χ3v) is 3.33. The summed E-state index contributed by atoms with van der Waals surface area (Å²) in [5.74, 6) is 0.969. The van der Waals surface area contributed by atoms with Crippen molar-refractivity contribution in [2.75, 3.05) is 5.32 Å². The van der Waals surface area contributed by atoms with Gasteiger partial charge >= 0.3 is 0 Å². The van der Waals surface area contributed by atoms with Crippen LogP contribution in [0.4, 0.5) is 5.69 Å². The van der Waals surface area contributed by atoms with Crippen molar-refractivity contribution in [1.82, 2.24) is 14.8 Å². The van der Waals surface area contributed by atoms with Crippen molar-refractivity contribution in [3.63, 3.8) is 0 Å². The van der Waals surface area contributed by atoms with Crippen LogP contribution in [0, 0.1) is 0 Å². The van der Waals surface area contributed by atoms with Crippen molar-refractivity contribution in [2.45, 2.75) is 6.61 Å². The number of nitrogens with one attached hydrogen (secondary N) is 1. The third-order valence-electron chi connectivity index (χ3n) is 3.33. The second-order valence-corrected chi connectivity index (χ2v) is 4.90. The quantitative estimate of drug-likeness (QED) is 0.786. The first-order valence-electron chi connectivity index (χ1n) is 7.15. The highest BCUT2D eigenvalue weighted by atomic mass is 16.5. The number of carbonyl (C=O) groups is 1. The maximum atomic E-state index is 12.4. The van der Waals surface area contributed by atoms with Gasteiger partial charge in [0.25, 0.3) is 5.91 Å². The fourth-order valence-electron chi connectivity index (χ4n) is 2.09. The maximum Gasteiger partial charge on any atom is 0.259 e. The molecule has 0 radical (unpaired) electrons. The number of hydrogen-bond donors (Lipinski definition) is 1. The van der Waals surface area contributed by atoms with Gasteiger partial charge in [0.05, 0.1) is 5.56 Å². The smallest absolute Gasteiger partial charge is 0.259 e. The molecule has 6 heteroatoms. The Hall–Kier alpha value is -3.15. The lowest BCUT2D eigenvalue weighted by Crippen LogP contribution is -2.14. The fourth-order valence-corrected chi connectivity index (χ4v) is 2.09. The Kier molecular flexibility index (Phi) is 4.33. The summed E-state index contributed by atoms with van der Waals surface area (Å²) in [5, 5.41) is 6.84. The molecule has 0 fully saturated rings. The van der Waals surface area contributed by atoms with E-state index in [9.17, 15) is 4.79 Å². The minimum atomic E-state index is -0.218. The van der Waals surface area contributed by atoms with Crippen LogP contribution in [-0.4, -0.2) is 20.7 Å². The van der Waals surface area contributed by atoms with Crippen molar-refractivity contribution < 1.29 is 9.53 Å². The molecule has 2 aromatic carbocycles. The summed E-state index contributed by atoms with van der Waals surface area (Å²) in [6.45, 7) is 0.242. The van der Waals surface area contributed by atoms with Gasteiger partial charge in [-0.25, -0.2) is 4.98 Å². The number of aryl methyl sites for hydroxylation is 1. The molecule has 0 unspecified atom stereocenters. The van der Waals surface area contributed by atoms with Crippen LogP contribution in [0.2, 0.25) is 0 Å². The predicted octanol–water partition coefficient (Wildman–Crippen LogP) is 2.65. The number of nitrogens with zero attached hydrogens (tertiary/aromatic N) is 3. The number of amides is 1. The zero-order chi connectivity index (χ0) is 16.1. The topological polar surface area (TPSA) is 69.0 Å². The van der Waals surface area contributed by atoms with E-state index in [1.165, 1.54) is 6.33 Å². The number of benzene rings is 2. The minimum Gasteiger partial charge on any atom is -0.485 e. The predicted molar refractivity (Wildman–Crippen MR) is 86.2 cm³/mol. The summed E-state index contributed by atoms with van der Waals surface area (Å²) in [7, 11) is 1.79. The van der Waals surface area contributed by atoms with E-state index in [0.717, 1.165) is 5.69 Å². The number of ether oxygens (including phenoxy) is 1. The standard InChI is InChI=1S/C17H16N4O2/c1-21-16(18-12-19-21)11-23-15-10-6-5-9-14(15)17(22)20-13-7-3-2-4-8-13/h2-10,12H,11H2,1H3,(H,20,22). The molecule has 0 aliphatic heterocycles. The number of rotatable bonds is 5. The van der Waals surface area contributed by atoms with E-state index in [0.29, 0.717) is 17.1 Å². The molecule has 116 valence electrons. The van der Waals surface area contributed by atoms with Gasteiger partial charge in [-0.3, -0.25) is 9.48 Å². The molecule has 0 bridgehead atoms. The highest BCUT2D eigenvalue weighted by molar-refractivity contribution is 6.06. The Morgan fingerprint density at radius 3 is 2.61 bits per heavy atom. The number of aromatic nitrogens is 3. The zero-order valence-electron chi connectivity index (χ0n) is 12.6. The second-order valence-electron chi connectivity index (χ2n) is 4.90. The van der Waals surface area contributed by atoms with Gasteiger partial charge in [0.1, 0.15) is 18.7 Å².